The lowest BCUT2D eigenvalue weighted by Crippen LogP contribution is -2.35. The number of ether oxygens (including phenoxy) is 1. The summed E-state index contributed by atoms with van der Waals surface area (Å²) in [5.41, 5.74) is 13.0. The molecule has 0 saturated carbocycles. The maximum Gasteiger partial charge on any atom is 0.255 e. The highest BCUT2D eigenvalue weighted by atomic mass is 16.5. The fourth-order valence-electron chi connectivity index (χ4n) is 3.57. The molecule has 1 aliphatic rings. The molecule has 0 radical (unpaired) electrons. The number of hydrogen-bond donors (Lipinski definition) is 3. The molecule has 0 aliphatic carbocycles. The molecule has 1 unspecified atom stereocenters. The topological polar surface area (TPSA) is 110 Å². The molecule has 0 bridgehead atoms. The number of hydrazine groups is 1. The number of aromatic nitrogens is 1. The van der Waals surface area contributed by atoms with E-state index in [9.17, 15) is 9.59 Å². The predicted octanol–water partition coefficient (Wildman–Crippen LogP) is 2.46. The Morgan fingerprint density at radius 3 is 2.56 bits per heavy atom. The molecule has 32 heavy (non-hydrogen) atoms. The van der Waals surface area contributed by atoms with E-state index in [1.54, 1.807) is 47.7 Å². The van der Waals surface area contributed by atoms with Crippen molar-refractivity contribution < 1.29 is 14.3 Å². The van der Waals surface area contributed by atoms with Gasteiger partial charge in [-0.1, -0.05) is 36.4 Å². The molecule has 1 aromatic heterocycles. The Labute approximate surface area is 185 Å². The highest BCUT2D eigenvalue weighted by Crippen LogP contribution is 2.31. The summed E-state index contributed by atoms with van der Waals surface area (Å²) in [5.74, 6) is 0.664. The Morgan fingerprint density at radius 1 is 1.16 bits per heavy atom. The molecule has 4 N–H and O–H groups in total. The molecule has 0 saturated heterocycles. The van der Waals surface area contributed by atoms with E-state index in [1.165, 1.54) is 7.11 Å². The first-order valence-electron chi connectivity index (χ1n) is 10.0. The molecule has 1 atom stereocenters. The normalized spacial score (nSPS) is 15.5. The number of nitrogens with two attached hydrogens (primary N) is 1. The number of anilines is 1. The standard InChI is InChI=1S/C24H23N5O3/c1-32-21-5-3-2-4-19(21)24(31)27-14-16-6-8-17(9-7-16)22-20(15-30)23(25)29(28-22)18-10-12-26-13-11-18/h2-13,15,22,28H,14,25H2,1H3,(H,27,31). The van der Waals surface area contributed by atoms with Crippen LogP contribution >= 0.6 is 0 Å². The van der Waals surface area contributed by atoms with E-state index in [1.807, 2.05) is 30.3 Å². The summed E-state index contributed by atoms with van der Waals surface area (Å²) in [6, 6.07) is 17.9. The number of nitrogens with zero attached hydrogens (tertiary/aromatic N) is 2. The first-order chi connectivity index (χ1) is 15.6. The van der Waals surface area contributed by atoms with Crippen molar-refractivity contribution in [3.63, 3.8) is 0 Å². The van der Waals surface area contributed by atoms with Crippen molar-refractivity contribution in [2.24, 2.45) is 5.73 Å². The van der Waals surface area contributed by atoms with Crippen molar-refractivity contribution in [3.8, 4) is 5.75 Å². The highest BCUT2D eigenvalue weighted by molar-refractivity contribution is 5.96. The van der Waals surface area contributed by atoms with Gasteiger partial charge in [0.15, 0.2) is 6.29 Å². The van der Waals surface area contributed by atoms with E-state index >= 15 is 0 Å². The van der Waals surface area contributed by atoms with Gasteiger partial charge < -0.3 is 15.8 Å². The average Bonchev–Trinajstić information content (AvgIpc) is 3.19. The van der Waals surface area contributed by atoms with E-state index in [2.05, 4.69) is 15.7 Å². The molecule has 1 amide bonds. The Bertz CT molecular complexity index is 1150. The second-order valence-electron chi connectivity index (χ2n) is 7.19. The van der Waals surface area contributed by atoms with Crippen LogP contribution in [-0.2, 0) is 11.3 Å². The van der Waals surface area contributed by atoms with Crippen molar-refractivity contribution in [1.29, 1.82) is 0 Å². The van der Waals surface area contributed by atoms with Gasteiger partial charge in [-0.05, 0) is 35.4 Å². The highest BCUT2D eigenvalue weighted by Gasteiger charge is 2.31. The molecule has 4 rings (SSSR count). The third kappa shape index (κ3) is 4.17. The lowest BCUT2D eigenvalue weighted by Gasteiger charge is -2.21. The summed E-state index contributed by atoms with van der Waals surface area (Å²) in [6.45, 7) is 0.358. The van der Waals surface area contributed by atoms with Crippen molar-refractivity contribution in [1.82, 2.24) is 15.7 Å². The fourth-order valence-corrected chi connectivity index (χ4v) is 3.57. The Balaban J connectivity index is 1.45. The monoisotopic (exact) mass is 429 g/mol. The quantitative estimate of drug-likeness (QED) is 0.495. The molecule has 2 heterocycles. The third-order valence-corrected chi connectivity index (χ3v) is 5.27. The molecule has 0 fully saturated rings. The van der Waals surface area contributed by atoms with Crippen molar-refractivity contribution in [3.05, 3.63) is 101 Å². The van der Waals surface area contributed by atoms with Gasteiger partial charge in [0.05, 0.1) is 30.0 Å². The van der Waals surface area contributed by atoms with Crippen LogP contribution in [0, 0.1) is 0 Å². The van der Waals surface area contributed by atoms with E-state index in [0.29, 0.717) is 29.3 Å². The lowest BCUT2D eigenvalue weighted by molar-refractivity contribution is -0.105. The zero-order chi connectivity index (χ0) is 22.5. The zero-order valence-electron chi connectivity index (χ0n) is 17.5. The summed E-state index contributed by atoms with van der Waals surface area (Å²) in [6.07, 6.45) is 4.09. The minimum Gasteiger partial charge on any atom is -0.496 e. The van der Waals surface area contributed by atoms with Gasteiger partial charge in [0.1, 0.15) is 11.6 Å². The predicted molar refractivity (Wildman–Crippen MR) is 120 cm³/mol. The Hall–Kier alpha value is -4.17. The van der Waals surface area contributed by atoms with Crippen LogP contribution in [0.2, 0.25) is 0 Å². The zero-order valence-corrected chi connectivity index (χ0v) is 17.5. The first-order valence-corrected chi connectivity index (χ1v) is 10.0. The van der Waals surface area contributed by atoms with E-state index in [-0.39, 0.29) is 11.9 Å². The number of methoxy groups -OCH3 is 1. The minimum absolute atomic E-state index is 0.212. The Kier molecular flexibility index (Phi) is 6.14. The number of nitrogens with one attached hydrogen (secondary N) is 2. The van der Waals surface area contributed by atoms with Crippen LogP contribution in [0.3, 0.4) is 0 Å². The van der Waals surface area contributed by atoms with E-state index < -0.39 is 0 Å². The number of carbonyl (C=O) groups excluding carboxylic acids is 2. The summed E-state index contributed by atoms with van der Waals surface area (Å²) in [5, 5.41) is 4.58. The van der Waals surface area contributed by atoms with Gasteiger partial charge in [0, 0.05) is 18.9 Å². The van der Waals surface area contributed by atoms with Crippen LogP contribution in [0.4, 0.5) is 5.69 Å². The summed E-state index contributed by atoms with van der Waals surface area (Å²) in [7, 11) is 1.53. The fraction of sp³-hybridized carbons (Fsp3) is 0.125. The van der Waals surface area contributed by atoms with Gasteiger partial charge in [-0.15, -0.1) is 0 Å². The minimum atomic E-state index is -0.377. The summed E-state index contributed by atoms with van der Waals surface area (Å²) < 4.78 is 5.24. The summed E-state index contributed by atoms with van der Waals surface area (Å²) in [4.78, 5) is 28.2. The second kappa shape index (κ2) is 9.32. The van der Waals surface area contributed by atoms with Crippen LogP contribution in [0.1, 0.15) is 27.5 Å². The number of rotatable bonds is 7. The smallest absolute Gasteiger partial charge is 0.255 e. The van der Waals surface area contributed by atoms with E-state index in [0.717, 1.165) is 23.1 Å². The molecule has 0 spiro atoms. The molecule has 3 aromatic rings. The van der Waals surface area contributed by atoms with Crippen LogP contribution in [0.25, 0.3) is 0 Å². The van der Waals surface area contributed by atoms with Crippen LogP contribution < -0.4 is 26.2 Å². The number of pyridine rings is 1. The number of amides is 1. The second-order valence-corrected chi connectivity index (χ2v) is 7.19. The van der Waals surface area contributed by atoms with Crippen molar-refractivity contribution in [2.45, 2.75) is 12.6 Å². The van der Waals surface area contributed by atoms with Gasteiger partial charge in [0.25, 0.3) is 5.91 Å². The lowest BCUT2D eigenvalue weighted by atomic mass is 10.00. The van der Waals surface area contributed by atoms with Crippen LogP contribution in [-0.4, -0.2) is 24.3 Å². The van der Waals surface area contributed by atoms with Crippen molar-refractivity contribution in [2.75, 3.05) is 12.1 Å². The molecule has 8 nitrogen and oxygen atoms in total. The largest absolute Gasteiger partial charge is 0.496 e. The Morgan fingerprint density at radius 2 is 1.88 bits per heavy atom. The number of hydrogen-bond acceptors (Lipinski definition) is 7. The number of benzene rings is 2. The molecule has 8 heteroatoms. The van der Waals surface area contributed by atoms with Gasteiger partial charge >= 0.3 is 0 Å². The molecular weight excluding hydrogens is 406 g/mol. The summed E-state index contributed by atoms with van der Waals surface area (Å²) >= 11 is 0. The van der Waals surface area contributed by atoms with Crippen molar-refractivity contribution >= 4 is 17.9 Å². The van der Waals surface area contributed by atoms with Crippen LogP contribution in [0.15, 0.2) is 84.5 Å². The maximum atomic E-state index is 12.5. The first kappa shape index (κ1) is 21.1. The molecule has 1 aliphatic heterocycles. The number of carbonyl (C=O) groups is 2. The molecule has 162 valence electrons. The average molecular weight is 429 g/mol. The number of aldehydes is 1. The van der Waals surface area contributed by atoms with Gasteiger partial charge in [-0.3, -0.25) is 19.6 Å². The van der Waals surface area contributed by atoms with E-state index in [4.69, 9.17) is 10.5 Å². The van der Waals surface area contributed by atoms with Gasteiger partial charge in [-0.25, -0.2) is 5.43 Å². The molecule has 2 aromatic carbocycles. The maximum absolute atomic E-state index is 12.5. The third-order valence-electron chi connectivity index (χ3n) is 5.27. The SMILES string of the molecule is COc1ccccc1C(=O)NCc1ccc(C2NN(c3ccncc3)C(N)=C2C=O)cc1. The molecular formula is C24H23N5O3. The van der Waals surface area contributed by atoms with Gasteiger partial charge in [-0.2, -0.15) is 0 Å². The number of para-hydroxylation sites is 1. The van der Waals surface area contributed by atoms with Crippen LogP contribution in [0.5, 0.6) is 5.75 Å². The van der Waals surface area contributed by atoms with Gasteiger partial charge in [0.2, 0.25) is 0 Å².